The van der Waals surface area contributed by atoms with Gasteiger partial charge in [-0.1, -0.05) is 23.7 Å². The summed E-state index contributed by atoms with van der Waals surface area (Å²) in [5, 5.41) is 3.53. The number of sulfone groups is 1. The van der Waals surface area contributed by atoms with Crippen molar-refractivity contribution in [3.8, 4) is 0 Å². The number of amides is 1. The smallest absolute Gasteiger partial charge is 0.220 e. The Morgan fingerprint density at radius 3 is 2.60 bits per heavy atom. The molecule has 1 unspecified atom stereocenters. The van der Waals surface area contributed by atoms with Crippen LogP contribution in [0.5, 0.6) is 0 Å². The first-order valence-electron chi connectivity index (χ1n) is 6.66. The fourth-order valence-corrected chi connectivity index (χ4v) is 4.35. The predicted octanol–water partition coefficient (Wildman–Crippen LogP) is 1.82. The summed E-state index contributed by atoms with van der Waals surface area (Å²) in [6, 6.07) is 7.50. The second kappa shape index (κ2) is 6.59. The molecule has 0 bridgehead atoms. The zero-order valence-corrected chi connectivity index (χ0v) is 12.7. The second-order valence-electron chi connectivity index (χ2n) is 5.20. The largest absolute Gasteiger partial charge is 0.356 e. The first-order chi connectivity index (χ1) is 9.44. The molecule has 1 aromatic carbocycles. The summed E-state index contributed by atoms with van der Waals surface area (Å²) >= 11 is 5.80. The normalized spacial score (nSPS) is 20.8. The van der Waals surface area contributed by atoms with Gasteiger partial charge in [0.15, 0.2) is 9.84 Å². The van der Waals surface area contributed by atoms with E-state index in [1.54, 1.807) is 0 Å². The summed E-state index contributed by atoms with van der Waals surface area (Å²) in [5.74, 6) is 0.282. The lowest BCUT2D eigenvalue weighted by Gasteiger charge is -2.08. The molecule has 1 saturated heterocycles. The summed E-state index contributed by atoms with van der Waals surface area (Å²) < 4.78 is 22.6. The van der Waals surface area contributed by atoms with Crippen LogP contribution in [0.25, 0.3) is 0 Å². The van der Waals surface area contributed by atoms with Crippen molar-refractivity contribution in [3.63, 3.8) is 0 Å². The van der Waals surface area contributed by atoms with Crippen molar-refractivity contribution < 1.29 is 13.2 Å². The molecule has 20 heavy (non-hydrogen) atoms. The van der Waals surface area contributed by atoms with Crippen molar-refractivity contribution in [3.05, 3.63) is 34.9 Å². The number of rotatable bonds is 5. The number of carbonyl (C=O) groups is 1. The quantitative estimate of drug-likeness (QED) is 0.901. The fraction of sp³-hybridized carbons (Fsp3) is 0.500. The molecule has 0 aromatic heterocycles. The van der Waals surface area contributed by atoms with E-state index >= 15 is 0 Å². The average Bonchev–Trinajstić information content (AvgIpc) is 2.71. The summed E-state index contributed by atoms with van der Waals surface area (Å²) in [5.41, 5.74) is 1.11. The highest BCUT2D eigenvalue weighted by Gasteiger charge is 2.29. The van der Waals surface area contributed by atoms with Gasteiger partial charge in [0, 0.05) is 18.0 Å². The number of halogens is 1. The van der Waals surface area contributed by atoms with Crippen LogP contribution < -0.4 is 5.32 Å². The Kier molecular flexibility index (Phi) is 5.05. The van der Waals surface area contributed by atoms with Gasteiger partial charge in [0.25, 0.3) is 0 Å². The summed E-state index contributed by atoms with van der Waals surface area (Å²) in [6.45, 7) is 0.555. The zero-order valence-electron chi connectivity index (χ0n) is 11.1. The van der Waals surface area contributed by atoms with Gasteiger partial charge in [-0.15, -0.1) is 0 Å². The third kappa shape index (κ3) is 4.80. The molecule has 1 N–H and O–H groups in total. The lowest BCUT2D eigenvalue weighted by molar-refractivity contribution is -0.121. The van der Waals surface area contributed by atoms with Gasteiger partial charge in [-0.3, -0.25) is 4.79 Å². The topological polar surface area (TPSA) is 63.2 Å². The maximum atomic E-state index is 11.7. The van der Waals surface area contributed by atoms with Gasteiger partial charge in [0.1, 0.15) is 0 Å². The van der Waals surface area contributed by atoms with Crippen molar-refractivity contribution in [1.29, 1.82) is 0 Å². The Labute approximate surface area is 124 Å². The van der Waals surface area contributed by atoms with E-state index in [0.717, 1.165) is 12.0 Å². The molecule has 1 amide bonds. The van der Waals surface area contributed by atoms with Gasteiger partial charge in [0.05, 0.1) is 11.5 Å². The van der Waals surface area contributed by atoms with Crippen LogP contribution in [0.3, 0.4) is 0 Å². The van der Waals surface area contributed by atoms with Gasteiger partial charge >= 0.3 is 0 Å². The number of nitrogens with one attached hydrogen (secondary N) is 1. The minimum Gasteiger partial charge on any atom is -0.356 e. The van der Waals surface area contributed by atoms with Crippen LogP contribution in [-0.2, 0) is 21.1 Å². The van der Waals surface area contributed by atoms with E-state index in [-0.39, 0.29) is 23.3 Å². The third-order valence-corrected chi connectivity index (χ3v) is 5.54. The van der Waals surface area contributed by atoms with Crippen molar-refractivity contribution in [2.75, 3.05) is 18.1 Å². The first-order valence-corrected chi connectivity index (χ1v) is 8.86. The Morgan fingerprint density at radius 2 is 2.00 bits per heavy atom. The summed E-state index contributed by atoms with van der Waals surface area (Å²) in [6.07, 6.45) is 1.65. The molecule has 0 radical (unpaired) electrons. The highest BCUT2D eigenvalue weighted by atomic mass is 35.5. The van der Waals surface area contributed by atoms with E-state index in [1.165, 1.54) is 0 Å². The van der Waals surface area contributed by atoms with Crippen LogP contribution in [0.15, 0.2) is 24.3 Å². The zero-order chi connectivity index (χ0) is 14.6. The highest BCUT2D eigenvalue weighted by Crippen LogP contribution is 2.21. The monoisotopic (exact) mass is 315 g/mol. The predicted molar refractivity (Wildman–Crippen MR) is 79.5 cm³/mol. The van der Waals surface area contributed by atoms with Crippen LogP contribution >= 0.6 is 11.6 Å². The van der Waals surface area contributed by atoms with Crippen LogP contribution in [0.1, 0.15) is 18.4 Å². The van der Waals surface area contributed by atoms with E-state index in [2.05, 4.69) is 5.32 Å². The second-order valence-corrected chi connectivity index (χ2v) is 7.86. The molecule has 1 aliphatic rings. The van der Waals surface area contributed by atoms with Crippen molar-refractivity contribution in [2.45, 2.75) is 19.3 Å². The Balaban J connectivity index is 1.69. The van der Waals surface area contributed by atoms with Gasteiger partial charge in [-0.25, -0.2) is 8.42 Å². The minimum absolute atomic E-state index is 0.0180. The van der Waals surface area contributed by atoms with Crippen LogP contribution in [0.2, 0.25) is 5.02 Å². The Bertz CT molecular complexity index is 569. The number of carbonyl (C=O) groups excluding carboxylic acids is 1. The van der Waals surface area contributed by atoms with Gasteiger partial charge < -0.3 is 5.32 Å². The molecule has 0 saturated carbocycles. The molecule has 0 aliphatic carbocycles. The van der Waals surface area contributed by atoms with Crippen molar-refractivity contribution in [2.24, 2.45) is 5.92 Å². The van der Waals surface area contributed by atoms with Gasteiger partial charge in [-0.05, 0) is 36.5 Å². The molecule has 1 aromatic rings. The van der Waals surface area contributed by atoms with E-state index < -0.39 is 9.84 Å². The minimum atomic E-state index is -2.90. The highest BCUT2D eigenvalue weighted by molar-refractivity contribution is 7.91. The van der Waals surface area contributed by atoms with E-state index in [1.807, 2.05) is 24.3 Å². The molecule has 110 valence electrons. The van der Waals surface area contributed by atoms with Crippen molar-refractivity contribution >= 4 is 27.3 Å². The molecule has 1 heterocycles. The van der Waals surface area contributed by atoms with Crippen LogP contribution in [0, 0.1) is 5.92 Å². The Morgan fingerprint density at radius 1 is 1.30 bits per heavy atom. The average molecular weight is 316 g/mol. The van der Waals surface area contributed by atoms with E-state index in [0.29, 0.717) is 24.4 Å². The molecule has 1 aliphatic heterocycles. The van der Waals surface area contributed by atoms with Gasteiger partial charge in [0.2, 0.25) is 5.91 Å². The first kappa shape index (κ1) is 15.3. The fourth-order valence-electron chi connectivity index (χ4n) is 2.36. The number of hydrogen-bond donors (Lipinski definition) is 1. The molecular formula is C14H18ClNO3S. The van der Waals surface area contributed by atoms with Gasteiger partial charge in [-0.2, -0.15) is 0 Å². The maximum absolute atomic E-state index is 11.7. The maximum Gasteiger partial charge on any atom is 0.220 e. The van der Waals surface area contributed by atoms with E-state index in [4.69, 9.17) is 11.6 Å². The molecule has 4 nitrogen and oxygen atoms in total. The Hall–Kier alpha value is -1.07. The van der Waals surface area contributed by atoms with Crippen LogP contribution in [0.4, 0.5) is 0 Å². The molecule has 1 fully saturated rings. The van der Waals surface area contributed by atoms with Crippen LogP contribution in [-0.4, -0.2) is 32.4 Å². The molecule has 6 heteroatoms. The standard InChI is InChI=1S/C14H18ClNO3S/c15-13-3-1-11(2-4-13)5-7-16-14(17)9-12-6-8-20(18,19)10-12/h1-4,12H,5-10H2,(H,16,17). The lowest BCUT2D eigenvalue weighted by atomic mass is 10.0. The molecular weight excluding hydrogens is 298 g/mol. The number of hydrogen-bond acceptors (Lipinski definition) is 3. The lowest BCUT2D eigenvalue weighted by Crippen LogP contribution is -2.27. The number of benzene rings is 1. The van der Waals surface area contributed by atoms with Crippen molar-refractivity contribution in [1.82, 2.24) is 5.32 Å². The van der Waals surface area contributed by atoms with E-state index in [9.17, 15) is 13.2 Å². The SMILES string of the molecule is O=C(CC1CCS(=O)(=O)C1)NCCc1ccc(Cl)cc1. The molecule has 1 atom stereocenters. The third-order valence-electron chi connectivity index (χ3n) is 3.45. The molecule has 0 spiro atoms. The summed E-state index contributed by atoms with van der Waals surface area (Å²) in [4.78, 5) is 11.7. The summed E-state index contributed by atoms with van der Waals surface area (Å²) in [7, 11) is -2.90. The molecule has 2 rings (SSSR count).